The number of carbonyl (C=O) groups excluding carboxylic acids is 1. The van der Waals surface area contributed by atoms with Crippen LogP contribution in [-0.2, 0) is 14.6 Å². The number of sulfone groups is 1. The summed E-state index contributed by atoms with van der Waals surface area (Å²) in [6, 6.07) is 0. The van der Waals surface area contributed by atoms with Crippen molar-refractivity contribution in [2.24, 2.45) is 27.6 Å². The average Bonchev–Trinajstić information content (AvgIpc) is 3.37. The second-order valence-electron chi connectivity index (χ2n) is 9.51. The first-order chi connectivity index (χ1) is 13.2. The topological polar surface area (TPSA) is 123 Å². The molecule has 1 unspecified atom stereocenters. The van der Waals surface area contributed by atoms with E-state index >= 15 is 0 Å². The van der Waals surface area contributed by atoms with Crippen LogP contribution in [0.2, 0.25) is 0 Å². The second kappa shape index (κ2) is 6.78. The molecular weight excluding hydrogens is 399 g/mol. The molecule has 3 rings (SSSR count). The third kappa shape index (κ3) is 4.04. The van der Waals surface area contributed by atoms with Crippen molar-refractivity contribution in [2.75, 3.05) is 5.75 Å². The maximum atomic E-state index is 14.6. The smallest absolute Gasteiger partial charge is 0.435 e. The van der Waals surface area contributed by atoms with E-state index in [1.165, 1.54) is 0 Å². The Bertz CT molecular complexity index is 917. The number of ether oxygens (including phenoxy) is 1. The normalized spacial score (nSPS) is 36.1. The third-order valence-corrected chi connectivity index (χ3v) is 8.63. The number of carbonyl (C=O) groups is 1. The number of nitrogens with one attached hydrogen (secondary N) is 1. The lowest BCUT2D eigenvalue weighted by molar-refractivity contribution is 0.0602. The largest absolute Gasteiger partial charge is 0.442 e. The molecule has 1 aliphatic carbocycles. The summed E-state index contributed by atoms with van der Waals surface area (Å²) in [5, 5.41) is 3.11. The minimum Gasteiger partial charge on any atom is -0.442 e. The molecule has 29 heavy (non-hydrogen) atoms. The Balaban J connectivity index is 2.04. The van der Waals surface area contributed by atoms with E-state index in [-0.39, 0.29) is 29.8 Å². The van der Waals surface area contributed by atoms with Crippen LogP contribution in [0.5, 0.6) is 0 Å². The van der Waals surface area contributed by atoms with E-state index in [0.29, 0.717) is 0 Å². The maximum absolute atomic E-state index is 14.6. The molecule has 2 fully saturated rings. The van der Waals surface area contributed by atoms with Crippen molar-refractivity contribution in [1.29, 1.82) is 0 Å². The van der Waals surface area contributed by atoms with E-state index in [1.54, 1.807) is 34.6 Å². The van der Waals surface area contributed by atoms with Gasteiger partial charge in [0.15, 0.2) is 9.84 Å². The Morgan fingerprint density at radius 2 is 2.00 bits per heavy atom. The van der Waals surface area contributed by atoms with Gasteiger partial charge in [0.25, 0.3) is 0 Å². The Kier molecular flexibility index (Phi) is 5.08. The van der Waals surface area contributed by atoms with E-state index in [9.17, 15) is 17.6 Å². The fourth-order valence-electron chi connectivity index (χ4n) is 4.03. The van der Waals surface area contributed by atoms with Gasteiger partial charge in [0.2, 0.25) is 0 Å². The number of halogens is 1. The lowest BCUT2D eigenvalue weighted by Crippen LogP contribution is -2.70. The molecule has 0 aromatic carbocycles. The molecule has 1 saturated carbocycles. The number of rotatable bonds is 2. The molecule has 3 atom stereocenters. The Labute approximate surface area is 170 Å². The number of nitrogens with two attached hydrogens (primary N) is 1. The van der Waals surface area contributed by atoms with Crippen LogP contribution in [-0.4, -0.2) is 47.8 Å². The number of amides is 1. The Hall–Kier alpha value is -1.97. The lowest BCUT2D eigenvalue weighted by atomic mass is 9.81. The standard InChI is InChI=1S/C19H29FN4O4S/c1-17(2,3)28-16(25)23-15-19(5,11-6-7-11)29(26,27)10-18(4,24-15)12-8-14(21)22-9-13(12)20/h9,11-12H,6-8,10H2,1-5H3,(H2,21,22)(H,23,24,25)/t12?,18-,19-/m0/s1. The van der Waals surface area contributed by atoms with Gasteiger partial charge >= 0.3 is 6.09 Å². The van der Waals surface area contributed by atoms with E-state index in [0.717, 1.165) is 19.0 Å². The quantitative estimate of drug-likeness (QED) is 0.696. The molecular formula is C19H29FN4O4S. The first-order valence-electron chi connectivity index (χ1n) is 9.68. The SMILES string of the molecule is CC(C)(C)OC(=O)/N=C1\N[C@](C)(C2CC(N)=NC=C2F)CS(=O)(=O)[C@@]1(C)C1CC1. The van der Waals surface area contributed by atoms with Crippen LogP contribution in [0.3, 0.4) is 0 Å². The van der Waals surface area contributed by atoms with Crippen molar-refractivity contribution >= 4 is 27.6 Å². The van der Waals surface area contributed by atoms with E-state index in [4.69, 9.17) is 10.5 Å². The summed E-state index contributed by atoms with van der Waals surface area (Å²) >= 11 is 0. The molecule has 1 saturated heterocycles. The highest BCUT2D eigenvalue weighted by atomic mass is 32.2. The fourth-order valence-corrected chi connectivity index (χ4v) is 6.53. The summed E-state index contributed by atoms with van der Waals surface area (Å²) in [6.07, 6.45) is 1.65. The molecule has 0 radical (unpaired) electrons. The van der Waals surface area contributed by atoms with Gasteiger partial charge in [-0.25, -0.2) is 22.6 Å². The van der Waals surface area contributed by atoms with Crippen molar-refractivity contribution in [3.05, 3.63) is 12.0 Å². The molecule has 3 N–H and O–H groups in total. The van der Waals surface area contributed by atoms with E-state index in [2.05, 4.69) is 15.3 Å². The van der Waals surface area contributed by atoms with Gasteiger partial charge < -0.3 is 15.8 Å². The van der Waals surface area contributed by atoms with Gasteiger partial charge in [0.05, 0.1) is 23.3 Å². The van der Waals surface area contributed by atoms with Gasteiger partial charge in [-0.05, 0) is 53.4 Å². The summed E-state index contributed by atoms with van der Waals surface area (Å²) in [6.45, 7) is 8.29. The Morgan fingerprint density at radius 1 is 1.38 bits per heavy atom. The highest BCUT2D eigenvalue weighted by molar-refractivity contribution is 7.93. The van der Waals surface area contributed by atoms with Gasteiger partial charge in [-0.2, -0.15) is 4.99 Å². The molecule has 1 amide bonds. The van der Waals surface area contributed by atoms with Gasteiger partial charge in [-0.1, -0.05) is 0 Å². The molecule has 0 aromatic rings. The van der Waals surface area contributed by atoms with Crippen molar-refractivity contribution in [3.63, 3.8) is 0 Å². The Morgan fingerprint density at radius 3 is 2.55 bits per heavy atom. The van der Waals surface area contributed by atoms with Gasteiger partial charge in [0, 0.05) is 12.3 Å². The average molecular weight is 429 g/mol. The molecule has 0 aromatic heterocycles. The van der Waals surface area contributed by atoms with Crippen LogP contribution in [0.15, 0.2) is 22.0 Å². The van der Waals surface area contributed by atoms with E-state index in [1.807, 2.05) is 0 Å². The monoisotopic (exact) mass is 428 g/mol. The minimum absolute atomic E-state index is 0.0110. The van der Waals surface area contributed by atoms with Crippen LogP contribution in [0.1, 0.15) is 53.9 Å². The summed E-state index contributed by atoms with van der Waals surface area (Å²) in [5.74, 6) is -1.63. The number of nitrogens with zero attached hydrogens (tertiary/aromatic N) is 2. The van der Waals surface area contributed by atoms with Crippen LogP contribution in [0, 0.1) is 11.8 Å². The van der Waals surface area contributed by atoms with Crippen LogP contribution < -0.4 is 11.1 Å². The van der Waals surface area contributed by atoms with Gasteiger partial charge in [-0.3, -0.25) is 0 Å². The molecule has 8 nitrogen and oxygen atoms in total. The summed E-state index contributed by atoms with van der Waals surface area (Å²) in [5.41, 5.74) is 3.75. The summed E-state index contributed by atoms with van der Waals surface area (Å²) in [4.78, 5) is 20.2. The first kappa shape index (κ1) is 21.7. The van der Waals surface area contributed by atoms with Gasteiger partial charge in [0.1, 0.15) is 22.0 Å². The highest BCUT2D eigenvalue weighted by Crippen LogP contribution is 2.49. The van der Waals surface area contributed by atoms with Crippen molar-refractivity contribution in [1.82, 2.24) is 5.32 Å². The number of aliphatic imine (C=N–C) groups is 2. The van der Waals surface area contributed by atoms with Crippen LogP contribution in [0.25, 0.3) is 0 Å². The molecule has 0 spiro atoms. The molecule has 3 aliphatic rings. The molecule has 162 valence electrons. The first-order valence-corrected chi connectivity index (χ1v) is 11.3. The second-order valence-corrected chi connectivity index (χ2v) is 11.9. The zero-order valence-corrected chi connectivity index (χ0v) is 18.3. The molecule has 2 aliphatic heterocycles. The predicted molar refractivity (Wildman–Crippen MR) is 109 cm³/mol. The molecule has 10 heteroatoms. The zero-order valence-electron chi connectivity index (χ0n) is 17.5. The lowest BCUT2D eigenvalue weighted by Gasteiger charge is -2.48. The van der Waals surface area contributed by atoms with Crippen molar-refractivity contribution in [2.45, 2.75) is 69.8 Å². The number of hydrogen-bond donors (Lipinski definition) is 2. The molecule has 0 bridgehead atoms. The number of hydrogen-bond acceptors (Lipinski definition) is 6. The zero-order chi connectivity index (χ0) is 21.8. The number of amidine groups is 2. The fraction of sp³-hybridized carbons (Fsp3) is 0.737. The van der Waals surface area contributed by atoms with Crippen molar-refractivity contribution in [3.8, 4) is 0 Å². The van der Waals surface area contributed by atoms with Crippen molar-refractivity contribution < 1.29 is 22.3 Å². The van der Waals surface area contributed by atoms with Crippen LogP contribution in [0.4, 0.5) is 9.18 Å². The maximum Gasteiger partial charge on any atom is 0.435 e. The van der Waals surface area contributed by atoms with E-state index < -0.39 is 43.6 Å². The summed E-state index contributed by atoms with van der Waals surface area (Å²) in [7, 11) is -3.77. The highest BCUT2D eigenvalue weighted by Gasteiger charge is 2.62. The van der Waals surface area contributed by atoms with Gasteiger partial charge in [-0.15, -0.1) is 0 Å². The molecule has 2 heterocycles. The minimum atomic E-state index is -3.77. The third-order valence-electron chi connectivity index (χ3n) is 5.83. The van der Waals surface area contributed by atoms with Crippen LogP contribution >= 0.6 is 0 Å². The summed E-state index contributed by atoms with van der Waals surface area (Å²) < 4.78 is 45.4. The predicted octanol–water partition coefficient (Wildman–Crippen LogP) is 2.45.